The average molecular weight is 333 g/mol. The molecule has 0 saturated carbocycles. The molecular formula is C14H18Cl2N2O3. The van der Waals surface area contributed by atoms with Crippen molar-refractivity contribution in [2.45, 2.75) is 20.0 Å². The van der Waals surface area contributed by atoms with Crippen molar-refractivity contribution in [1.82, 2.24) is 4.90 Å². The van der Waals surface area contributed by atoms with E-state index in [4.69, 9.17) is 27.9 Å². The summed E-state index contributed by atoms with van der Waals surface area (Å²) < 4.78 is 5.20. The summed E-state index contributed by atoms with van der Waals surface area (Å²) in [7, 11) is 1.55. The molecule has 2 amide bonds. The maximum absolute atomic E-state index is 11.9. The fraction of sp³-hybridized carbons (Fsp3) is 0.429. The third kappa shape index (κ3) is 5.53. The molecule has 7 heteroatoms. The van der Waals surface area contributed by atoms with Crippen molar-refractivity contribution >= 4 is 40.7 Å². The Morgan fingerprint density at radius 2 is 2.00 bits per heavy atom. The highest BCUT2D eigenvalue weighted by Gasteiger charge is 2.19. The van der Waals surface area contributed by atoms with Gasteiger partial charge in [-0.25, -0.2) is 0 Å². The molecule has 0 spiro atoms. The molecule has 21 heavy (non-hydrogen) atoms. The van der Waals surface area contributed by atoms with Crippen molar-refractivity contribution in [2.75, 3.05) is 25.5 Å². The highest BCUT2D eigenvalue weighted by Crippen LogP contribution is 2.24. The molecule has 1 aromatic carbocycles. The summed E-state index contributed by atoms with van der Waals surface area (Å²) in [5.41, 5.74) is 0.521. The first-order valence-corrected chi connectivity index (χ1v) is 7.22. The SMILES string of the molecule is CCOC(C)C(=O)N(C)CC(=O)Nc1ccc(Cl)c(Cl)c1. The number of likely N-dealkylation sites (N-methyl/N-ethyl adjacent to an activating group) is 1. The lowest BCUT2D eigenvalue weighted by Gasteiger charge is -2.20. The number of benzene rings is 1. The van der Waals surface area contributed by atoms with Gasteiger partial charge in [-0.3, -0.25) is 9.59 Å². The van der Waals surface area contributed by atoms with Crippen LogP contribution in [0.3, 0.4) is 0 Å². The molecule has 116 valence electrons. The Balaban J connectivity index is 2.56. The van der Waals surface area contributed by atoms with E-state index in [0.29, 0.717) is 22.3 Å². The first kappa shape index (κ1) is 17.8. The number of carbonyl (C=O) groups is 2. The molecule has 0 aliphatic rings. The lowest BCUT2D eigenvalue weighted by Crippen LogP contribution is -2.40. The summed E-state index contributed by atoms with van der Waals surface area (Å²) >= 11 is 11.7. The zero-order valence-corrected chi connectivity index (χ0v) is 13.7. The molecule has 5 nitrogen and oxygen atoms in total. The van der Waals surface area contributed by atoms with E-state index in [1.54, 1.807) is 39.1 Å². The standard InChI is InChI=1S/C14H18Cl2N2O3/c1-4-21-9(2)14(20)18(3)8-13(19)17-10-5-6-11(15)12(16)7-10/h5-7,9H,4,8H2,1-3H3,(H,17,19). The Labute approximate surface area is 134 Å². The number of halogens is 2. The summed E-state index contributed by atoms with van der Waals surface area (Å²) in [6, 6.07) is 4.77. The predicted octanol–water partition coefficient (Wildman–Crippen LogP) is 2.82. The van der Waals surface area contributed by atoms with E-state index in [0.717, 1.165) is 0 Å². The van der Waals surface area contributed by atoms with Gasteiger partial charge in [0.25, 0.3) is 5.91 Å². The van der Waals surface area contributed by atoms with Gasteiger partial charge in [0.2, 0.25) is 5.91 Å². The van der Waals surface area contributed by atoms with Crippen LogP contribution in [0.1, 0.15) is 13.8 Å². The molecule has 1 N–H and O–H groups in total. The number of hydrogen-bond acceptors (Lipinski definition) is 3. The Kier molecular flexibility index (Phi) is 6.95. The third-order valence-electron chi connectivity index (χ3n) is 2.72. The van der Waals surface area contributed by atoms with Crippen LogP contribution in [-0.2, 0) is 14.3 Å². The van der Waals surface area contributed by atoms with Crippen LogP contribution in [-0.4, -0.2) is 43.0 Å². The molecule has 1 atom stereocenters. The molecule has 0 radical (unpaired) electrons. The van der Waals surface area contributed by atoms with Crippen LogP contribution in [0, 0.1) is 0 Å². The number of ether oxygens (including phenoxy) is 1. The third-order valence-corrected chi connectivity index (χ3v) is 3.46. The fourth-order valence-corrected chi connectivity index (χ4v) is 2.00. The van der Waals surface area contributed by atoms with E-state index in [1.807, 2.05) is 0 Å². The predicted molar refractivity (Wildman–Crippen MR) is 83.8 cm³/mol. The van der Waals surface area contributed by atoms with Crippen molar-refractivity contribution in [3.8, 4) is 0 Å². The minimum absolute atomic E-state index is 0.0729. The topological polar surface area (TPSA) is 58.6 Å². The quantitative estimate of drug-likeness (QED) is 0.871. The van der Waals surface area contributed by atoms with Gasteiger partial charge in [0.15, 0.2) is 0 Å². The van der Waals surface area contributed by atoms with Crippen LogP contribution in [0.15, 0.2) is 18.2 Å². The second-order valence-electron chi connectivity index (χ2n) is 4.47. The van der Waals surface area contributed by atoms with Gasteiger partial charge in [-0.15, -0.1) is 0 Å². The monoisotopic (exact) mass is 332 g/mol. The van der Waals surface area contributed by atoms with E-state index in [-0.39, 0.29) is 18.4 Å². The van der Waals surface area contributed by atoms with E-state index in [9.17, 15) is 9.59 Å². The van der Waals surface area contributed by atoms with Crippen molar-refractivity contribution in [2.24, 2.45) is 0 Å². The minimum atomic E-state index is -0.572. The molecular weight excluding hydrogens is 315 g/mol. The Bertz CT molecular complexity index is 523. The number of amides is 2. The van der Waals surface area contributed by atoms with Gasteiger partial charge in [-0.2, -0.15) is 0 Å². The highest BCUT2D eigenvalue weighted by atomic mass is 35.5. The van der Waals surface area contributed by atoms with Gasteiger partial charge in [-0.05, 0) is 32.0 Å². The van der Waals surface area contributed by atoms with Crippen molar-refractivity contribution in [3.05, 3.63) is 28.2 Å². The molecule has 1 aromatic rings. The van der Waals surface area contributed by atoms with Crippen molar-refractivity contribution in [1.29, 1.82) is 0 Å². The van der Waals surface area contributed by atoms with Gasteiger partial charge in [0, 0.05) is 19.3 Å². The molecule has 0 saturated heterocycles. The van der Waals surface area contributed by atoms with Crippen LogP contribution < -0.4 is 5.32 Å². The number of nitrogens with one attached hydrogen (secondary N) is 1. The molecule has 0 bridgehead atoms. The molecule has 0 heterocycles. The van der Waals surface area contributed by atoms with Crippen molar-refractivity contribution in [3.63, 3.8) is 0 Å². The second kappa shape index (κ2) is 8.22. The Morgan fingerprint density at radius 3 is 2.57 bits per heavy atom. The van der Waals surface area contributed by atoms with Gasteiger partial charge in [0.05, 0.1) is 16.6 Å². The number of rotatable bonds is 6. The molecule has 0 aliphatic carbocycles. The summed E-state index contributed by atoms with van der Waals surface area (Å²) in [6.07, 6.45) is -0.572. The summed E-state index contributed by atoms with van der Waals surface area (Å²) in [4.78, 5) is 25.1. The first-order valence-electron chi connectivity index (χ1n) is 6.46. The normalized spacial score (nSPS) is 11.9. The number of carbonyl (C=O) groups excluding carboxylic acids is 2. The maximum atomic E-state index is 11.9. The van der Waals surface area contributed by atoms with Crippen LogP contribution in [0.4, 0.5) is 5.69 Å². The molecule has 0 fully saturated rings. The largest absolute Gasteiger partial charge is 0.369 e. The summed E-state index contributed by atoms with van der Waals surface area (Å²) in [5.74, 6) is -0.575. The number of nitrogens with zero attached hydrogens (tertiary/aromatic N) is 1. The highest BCUT2D eigenvalue weighted by molar-refractivity contribution is 6.42. The first-order chi connectivity index (χ1) is 9.85. The van der Waals surface area contributed by atoms with Crippen LogP contribution in [0.25, 0.3) is 0 Å². The Hall–Kier alpha value is -1.30. The van der Waals surface area contributed by atoms with Crippen LogP contribution >= 0.6 is 23.2 Å². The zero-order chi connectivity index (χ0) is 16.0. The molecule has 1 rings (SSSR count). The number of anilines is 1. The van der Waals surface area contributed by atoms with Crippen molar-refractivity contribution < 1.29 is 14.3 Å². The van der Waals surface area contributed by atoms with Crippen LogP contribution in [0.5, 0.6) is 0 Å². The summed E-state index contributed by atoms with van der Waals surface area (Å²) in [5, 5.41) is 3.41. The average Bonchev–Trinajstić information content (AvgIpc) is 2.42. The molecule has 0 aromatic heterocycles. The van der Waals surface area contributed by atoms with Crippen LogP contribution in [0.2, 0.25) is 10.0 Å². The van der Waals surface area contributed by atoms with E-state index in [2.05, 4.69) is 5.32 Å². The zero-order valence-electron chi connectivity index (χ0n) is 12.2. The second-order valence-corrected chi connectivity index (χ2v) is 5.28. The van der Waals surface area contributed by atoms with E-state index >= 15 is 0 Å². The summed E-state index contributed by atoms with van der Waals surface area (Å²) in [6.45, 7) is 3.83. The minimum Gasteiger partial charge on any atom is -0.369 e. The van der Waals surface area contributed by atoms with E-state index in [1.165, 1.54) is 4.90 Å². The smallest absolute Gasteiger partial charge is 0.251 e. The van der Waals surface area contributed by atoms with Gasteiger partial charge < -0.3 is 15.0 Å². The molecule has 0 aliphatic heterocycles. The van der Waals surface area contributed by atoms with E-state index < -0.39 is 6.10 Å². The lowest BCUT2D eigenvalue weighted by molar-refractivity contribution is -0.142. The maximum Gasteiger partial charge on any atom is 0.251 e. The van der Waals surface area contributed by atoms with Gasteiger partial charge >= 0.3 is 0 Å². The van der Waals surface area contributed by atoms with Gasteiger partial charge in [-0.1, -0.05) is 23.2 Å². The Morgan fingerprint density at radius 1 is 1.33 bits per heavy atom. The molecule has 1 unspecified atom stereocenters. The fourth-order valence-electron chi connectivity index (χ4n) is 1.70. The number of hydrogen-bond donors (Lipinski definition) is 1. The van der Waals surface area contributed by atoms with Gasteiger partial charge in [0.1, 0.15) is 6.10 Å². The lowest BCUT2D eigenvalue weighted by atomic mass is 10.3.